The minimum absolute atomic E-state index is 0.170. The fraction of sp³-hybridized carbons (Fsp3) is 0.111. The summed E-state index contributed by atoms with van der Waals surface area (Å²) in [5, 5.41) is 0.517. The summed E-state index contributed by atoms with van der Waals surface area (Å²) in [6.45, 7) is 4.79. The van der Waals surface area contributed by atoms with E-state index in [0.29, 0.717) is 18.8 Å². The average Bonchev–Trinajstić information content (AvgIpc) is 3.37. The van der Waals surface area contributed by atoms with Crippen molar-refractivity contribution in [2.24, 2.45) is 0 Å². The predicted molar refractivity (Wildman–Crippen MR) is 132 cm³/mol. The molecule has 3 aromatic carbocycles. The number of benzene rings is 3. The van der Waals surface area contributed by atoms with Crippen molar-refractivity contribution in [1.82, 2.24) is 4.57 Å². The van der Waals surface area contributed by atoms with E-state index in [1.54, 1.807) is 6.07 Å². The first-order chi connectivity index (χ1) is 16.1. The lowest BCUT2D eigenvalue weighted by molar-refractivity contribution is -0.113. The molecule has 0 spiro atoms. The molecule has 0 saturated carbocycles. The lowest BCUT2D eigenvalue weighted by Crippen LogP contribution is -2.27. The molecule has 5 nitrogen and oxygen atoms in total. The van der Waals surface area contributed by atoms with Gasteiger partial charge in [-0.25, -0.2) is 4.90 Å². The summed E-state index contributed by atoms with van der Waals surface area (Å²) in [5.74, 6) is -0.362. The lowest BCUT2D eigenvalue weighted by Gasteiger charge is -2.20. The second kappa shape index (κ2) is 9.10. The lowest BCUT2D eigenvalue weighted by atomic mass is 10.1. The van der Waals surface area contributed by atoms with Gasteiger partial charge in [0.05, 0.1) is 29.3 Å². The third-order valence-electron chi connectivity index (χ3n) is 5.69. The summed E-state index contributed by atoms with van der Waals surface area (Å²) in [4.78, 5) is 26.4. The summed E-state index contributed by atoms with van der Waals surface area (Å²) >= 11 is 0.875. The molecule has 0 aliphatic carbocycles. The van der Waals surface area contributed by atoms with Crippen LogP contribution in [0.3, 0.4) is 0 Å². The zero-order chi connectivity index (χ0) is 22.8. The van der Waals surface area contributed by atoms with Crippen LogP contribution in [0, 0.1) is 0 Å². The van der Waals surface area contributed by atoms with Gasteiger partial charge in [-0.2, -0.15) is 0 Å². The van der Waals surface area contributed by atoms with E-state index in [1.807, 2.05) is 60.8 Å². The van der Waals surface area contributed by atoms with Crippen LogP contribution in [0.2, 0.25) is 0 Å². The highest BCUT2D eigenvalue weighted by Crippen LogP contribution is 2.37. The van der Waals surface area contributed by atoms with Gasteiger partial charge in [0.25, 0.3) is 11.1 Å². The van der Waals surface area contributed by atoms with E-state index in [9.17, 15) is 9.59 Å². The smallest absolute Gasteiger partial charge is 0.298 e. The van der Waals surface area contributed by atoms with Gasteiger partial charge in [-0.1, -0.05) is 73.3 Å². The number of hydrogen-bond acceptors (Lipinski definition) is 4. The summed E-state index contributed by atoms with van der Waals surface area (Å²) in [5.41, 5.74) is 3.71. The molecule has 164 valence electrons. The van der Waals surface area contributed by atoms with Crippen LogP contribution in [0.5, 0.6) is 0 Å². The van der Waals surface area contributed by atoms with Crippen LogP contribution >= 0.6 is 11.8 Å². The third-order valence-corrected chi connectivity index (χ3v) is 6.47. The number of carbonyl (C=O) groups excluding carboxylic acids is 2. The summed E-state index contributed by atoms with van der Waals surface area (Å²) in [6.07, 6.45) is 1.80. The van der Waals surface area contributed by atoms with E-state index >= 15 is 0 Å². The SMILES string of the molecule is C=C1SC(=O)N(c2cccc3c2ccn3CC(OCc2ccccc2)c2ccccc2)C1=O. The topological polar surface area (TPSA) is 51.5 Å². The van der Waals surface area contributed by atoms with Crippen LogP contribution in [-0.2, 0) is 22.7 Å². The Balaban J connectivity index is 1.46. The number of aromatic nitrogens is 1. The normalized spacial score (nSPS) is 14.9. The highest BCUT2D eigenvalue weighted by molar-refractivity contribution is 8.18. The van der Waals surface area contributed by atoms with E-state index in [2.05, 4.69) is 35.4 Å². The predicted octanol–water partition coefficient (Wildman–Crippen LogP) is 6.31. The van der Waals surface area contributed by atoms with Gasteiger partial charge in [0, 0.05) is 11.6 Å². The highest BCUT2D eigenvalue weighted by atomic mass is 32.2. The molecule has 1 aliphatic heterocycles. The summed E-state index contributed by atoms with van der Waals surface area (Å²) in [6, 6.07) is 27.8. The first kappa shape index (κ1) is 21.2. The monoisotopic (exact) mass is 454 g/mol. The number of anilines is 1. The van der Waals surface area contributed by atoms with Crippen molar-refractivity contribution < 1.29 is 14.3 Å². The van der Waals surface area contributed by atoms with Gasteiger partial charge in [0.2, 0.25) is 0 Å². The van der Waals surface area contributed by atoms with Crippen LogP contribution in [0.15, 0.2) is 103 Å². The second-order valence-electron chi connectivity index (χ2n) is 7.81. The van der Waals surface area contributed by atoms with Gasteiger partial charge < -0.3 is 9.30 Å². The molecule has 2 heterocycles. The number of carbonyl (C=O) groups is 2. The maximum atomic E-state index is 12.5. The number of rotatable bonds is 7. The van der Waals surface area contributed by atoms with Crippen molar-refractivity contribution in [2.45, 2.75) is 19.3 Å². The average molecular weight is 455 g/mol. The highest BCUT2D eigenvalue weighted by Gasteiger charge is 2.36. The fourth-order valence-corrected chi connectivity index (χ4v) is 4.71. The standard InChI is InChI=1S/C27H22N2O3S/c1-19-26(30)29(27(31)33-19)24-14-8-13-23-22(24)15-16-28(23)17-25(21-11-6-3-7-12-21)32-18-20-9-4-2-5-10-20/h2-16,25H,1,17-18H2. The van der Waals surface area contributed by atoms with Gasteiger partial charge in [-0.05, 0) is 41.1 Å². The van der Waals surface area contributed by atoms with Crippen molar-refractivity contribution in [3.8, 4) is 0 Å². The molecule has 1 aromatic heterocycles. The van der Waals surface area contributed by atoms with Crippen LogP contribution < -0.4 is 4.90 Å². The van der Waals surface area contributed by atoms with Crippen LogP contribution in [0.4, 0.5) is 10.5 Å². The Morgan fingerprint density at radius 1 is 0.879 bits per heavy atom. The minimum Gasteiger partial charge on any atom is -0.367 e. The number of fused-ring (bicyclic) bond motifs is 1. The molecular weight excluding hydrogens is 432 g/mol. The Kier molecular flexibility index (Phi) is 5.86. The molecule has 0 bridgehead atoms. The van der Waals surface area contributed by atoms with Crippen molar-refractivity contribution in [3.05, 3.63) is 114 Å². The van der Waals surface area contributed by atoms with Crippen LogP contribution in [0.25, 0.3) is 10.9 Å². The molecule has 4 aromatic rings. The summed E-state index contributed by atoms with van der Waals surface area (Å²) in [7, 11) is 0. The van der Waals surface area contributed by atoms with E-state index < -0.39 is 0 Å². The quantitative estimate of drug-likeness (QED) is 0.307. The van der Waals surface area contributed by atoms with Crippen molar-refractivity contribution in [3.63, 3.8) is 0 Å². The number of amides is 2. The minimum atomic E-state index is -0.362. The fourth-order valence-electron chi connectivity index (χ4n) is 4.04. The molecule has 2 amide bonds. The Morgan fingerprint density at radius 3 is 2.30 bits per heavy atom. The molecule has 0 N–H and O–H groups in total. The van der Waals surface area contributed by atoms with Gasteiger partial charge >= 0.3 is 0 Å². The number of ether oxygens (including phenoxy) is 1. The third kappa shape index (κ3) is 4.23. The zero-order valence-corrected chi connectivity index (χ0v) is 18.7. The second-order valence-corrected chi connectivity index (χ2v) is 8.85. The Bertz CT molecular complexity index is 1330. The van der Waals surface area contributed by atoms with Crippen molar-refractivity contribution >= 4 is 39.5 Å². The number of nitrogens with zero attached hydrogens (tertiary/aromatic N) is 2. The Hall–Kier alpha value is -3.61. The first-order valence-electron chi connectivity index (χ1n) is 10.7. The van der Waals surface area contributed by atoms with Crippen molar-refractivity contribution in [2.75, 3.05) is 4.90 Å². The number of thioether (sulfide) groups is 1. The number of imide groups is 1. The number of hydrogen-bond donors (Lipinski definition) is 0. The zero-order valence-electron chi connectivity index (χ0n) is 17.9. The molecule has 1 saturated heterocycles. The Labute approximate surface area is 196 Å². The van der Waals surface area contributed by atoms with Gasteiger partial charge in [0.15, 0.2) is 0 Å². The van der Waals surface area contributed by atoms with Crippen LogP contribution in [0.1, 0.15) is 17.2 Å². The molecular formula is C27H22N2O3S. The first-order valence-corrected chi connectivity index (χ1v) is 11.5. The van der Waals surface area contributed by atoms with Crippen LogP contribution in [-0.4, -0.2) is 15.7 Å². The molecule has 5 rings (SSSR count). The van der Waals surface area contributed by atoms with Crippen molar-refractivity contribution in [1.29, 1.82) is 0 Å². The van der Waals surface area contributed by atoms with Gasteiger partial charge in [-0.15, -0.1) is 0 Å². The molecule has 6 heteroatoms. The molecule has 0 radical (unpaired) electrons. The summed E-state index contributed by atoms with van der Waals surface area (Å²) < 4.78 is 8.47. The molecule has 1 atom stereocenters. The van der Waals surface area contributed by atoms with E-state index in [4.69, 9.17) is 4.74 Å². The van der Waals surface area contributed by atoms with E-state index in [1.165, 1.54) is 4.90 Å². The van der Waals surface area contributed by atoms with E-state index in [-0.39, 0.29) is 22.2 Å². The van der Waals surface area contributed by atoms with Gasteiger partial charge in [-0.3, -0.25) is 9.59 Å². The molecule has 1 fully saturated rings. The van der Waals surface area contributed by atoms with Gasteiger partial charge in [0.1, 0.15) is 6.10 Å². The molecule has 1 aliphatic rings. The van der Waals surface area contributed by atoms with E-state index in [0.717, 1.165) is 33.8 Å². The maximum Gasteiger partial charge on any atom is 0.298 e. The molecule has 33 heavy (non-hydrogen) atoms. The maximum absolute atomic E-state index is 12.5. The Morgan fingerprint density at radius 2 is 1.61 bits per heavy atom. The largest absolute Gasteiger partial charge is 0.367 e. The molecule has 1 unspecified atom stereocenters.